The van der Waals surface area contributed by atoms with Gasteiger partial charge in [-0.1, -0.05) is 0 Å². The van der Waals surface area contributed by atoms with Gasteiger partial charge in [-0.3, -0.25) is 4.84 Å². The molecule has 6 nitrogen and oxygen atoms in total. The standard InChI is InChI=1S/C6H13NO5/c7-12-5(1-2-8)6(11)4(10)3-9/h2,4-6,9-11H,1,3,7H2/t4-,5+,6+/m0/s1. The molecule has 5 N–H and O–H groups in total. The maximum absolute atomic E-state index is 10.00. The van der Waals surface area contributed by atoms with Crippen LogP contribution < -0.4 is 5.90 Å². The maximum Gasteiger partial charge on any atom is 0.122 e. The molecule has 0 aliphatic rings. The summed E-state index contributed by atoms with van der Waals surface area (Å²) in [7, 11) is 0. The highest BCUT2D eigenvalue weighted by molar-refractivity contribution is 5.50. The molecule has 0 saturated carbocycles. The number of carbonyl (C=O) groups is 1. The molecule has 0 aliphatic heterocycles. The number of hydrogen-bond acceptors (Lipinski definition) is 6. The van der Waals surface area contributed by atoms with Crippen LogP contribution in [0, 0.1) is 0 Å². The molecule has 0 unspecified atom stereocenters. The number of aldehydes is 1. The van der Waals surface area contributed by atoms with Gasteiger partial charge in [-0.2, -0.15) is 0 Å². The summed E-state index contributed by atoms with van der Waals surface area (Å²) in [5.41, 5.74) is 0. The van der Waals surface area contributed by atoms with Crippen LogP contribution in [0.1, 0.15) is 6.42 Å². The van der Waals surface area contributed by atoms with E-state index in [1.54, 1.807) is 0 Å². The predicted molar refractivity (Wildman–Crippen MR) is 38.8 cm³/mol. The van der Waals surface area contributed by atoms with Gasteiger partial charge in [0, 0.05) is 6.42 Å². The zero-order chi connectivity index (χ0) is 9.56. The van der Waals surface area contributed by atoms with Crippen molar-refractivity contribution >= 4 is 6.29 Å². The molecule has 0 heterocycles. The van der Waals surface area contributed by atoms with Crippen molar-refractivity contribution in [3.8, 4) is 0 Å². The van der Waals surface area contributed by atoms with Crippen molar-refractivity contribution in [2.24, 2.45) is 5.90 Å². The van der Waals surface area contributed by atoms with Crippen molar-refractivity contribution in [3.63, 3.8) is 0 Å². The first kappa shape index (κ1) is 11.5. The highest BCUT2D eigenvalue weighted by atomic mass is 16.6. The number of aliphatic hydroxyl groups is 3. The summed E-state index contributed by atoms with van der Waals surface area (Å²) in [6.45, 7) is -0.611. The third kappa shape index (κ3) is 3.24. The zero-order valence-corrected chi connectivity index (χ0v) is 6.46. The molecule has 0 aromatic rings. The summed E-state index contributed by atoms with van der Waals surface area (Å²) >= 11 is 0. The summed E-state index contributed by atoms with van der Waals surface area (Å²) in [4.78, 5) is 14.2. The maximum atomic E-state index is 10.00. The van der Waals surface area contributed by atoms with Crippen LogP contribution >= 0.6 is 0 Å². The number of hydrogen-bond donors (Lipinski definition) is 4. The first-order valence-electron chi connectivity index (χ1n) is 3.43. The summed E-state index contributed by atoms with van der Waals surface area (Å²) in [5.74, 6) is 4.74. The molecule has 0 aromatic carbocycles. The topological polar surface area (TPSA) is 113 Å². The van der Waals surface area contributed by atoms with Crippen molar-refractivity contribution in [2.75, 3.05) is 6.61 Å². The van der Waals surface area contributed by atoms with Gasteiger partial charge < -0.3 is 20.1 Å². The molecule has 0 rings (SSSR count). The Hall–Kier alpha value is -0.530. The van der Waals surface area contributed by atoms with Gasteiger partial charge in [0.15, 0.2) is 0 Å². The number of aliphatic hydroxyl groups excluding tert-OH is 3. The van der Waals surface area contributed by atoms with Crippen molar-refractivity contribution in [1.82, 2.24) is 0 Å². The third-order valence-electron chi connectivity index (χ3n) is 1.47. The van der Waals surface area contributed by atoms with Crippen LogP contribution in [-0.2, 0) is 9.63 Å². The minimum atomic E-state index is -1.36. The van der Waals surface area contributed by atoms with Crippen LogP contribution in [0.5, 0.6) is 0 Å². The van der Waals surface area contributed by atoms with Crippen molar-refractivity contribution in [3.05, 3.63) is 0 Å². The quantitative estimate of drug-likeness (QED) is 0.266. The van der Waals surface area contributed by atoms with E-state index in [0.29, 0.717) is 6.29 Å². The van der Waals surface area contributed by atoms with Crippen LogP contribution in [-0.4, -0.2) is 46.5 Å². The summed E-state index contributed by atoms with van der Waals surface area (Å²) in [6, 6.07) is 0. The number of rotatable bonds is 6. The molecule has 3 atom stereocenters. The number of carbonyl (C=O) groups excluding carboxylic acids is 1. The second-order valence-corrected chi connectivity index (χ2v) is 2.32. The summed E-state index contributed by atoms with van der Waals surface area (Å²) < 4.78 is 0. The third-order valence-corrected chi connectivity index (χ3v) is 1.47. The van der Waals surface area contributed by atoms with Crippen LogP contribution in [0.2, 0.25) is 0 Å². The fourth-order valence-electron chi connectivity index (χ4n) is 0.726. The fourth-order valence-corrected chi connectivity index (χ4v) is 0.726. The lowest BCUT2D eigenvalue weighted by atomic mass is 10.1. The molecule has 0 radical (unpaired) electrons. The van der Waals surface area contributed by atoms with Crippen LogP contribution in [0.3, 0.4) is 0 Å². The number of nitrogens with two attached hydrogens (primary N) is 1. The predicted octanol–water partition coefficient (Wildman–Crippen LogP) is -2.45. The molecule has 0 spiro atoms. The highest BCUT2D eigenvalue weighted by Crippen LogP contribution is 2.05. The molecule has 12 heavy (non-hydrogen) atoms. The molecule has 0 amide bonds. The van der Waals surface area contributed by atoms with Crippen molar-refractivity contribution in [1.29, 1.82) is 0 Å². The van der Waals surface area contributed by atoms with E-state index in [9.17, 15) is 4.79 Å². The van der Waals surface area contributed by atoms with Gasteiger partial charge in [-0.05, 0) is 0 Å². The molecule has 0 aromatic heterocycles. The molecule has 0 saturated heterocycles. The Morgan fingerprint density at radius 3 is 2.42 bits per heavy atom. The first-order valence-corrected chi connectivity index (χ1v) is 3.43. The molecular formula is C6H13NO5. The van der Waals surface area contributed by atoms with Gasteiger partial charge in [0.05, 0.1) is 6.61 Å². The zero-order valence-electron chi connectivity index (χ0n) is 6.46. The monoisotopic (exact) mass is 179 g/mol. The van der Waals surface area contributed by atoms with E-state index < -0.39 is 24.9 Å². The van der Waals surface area contributed by atoms with Gasteiger partial charge >= 0.3 is 0 Å². The molecule has 6 heteroatoms. The van der Waals surface area contributed by atoms with Crippen molar-refractivity contribution in [2.45, 2.75) is 24.7 Å². The molecule has 0 aliphatic carbocycles. The Labute approximate surface area is 69.5 Å². The first-order chi connectivity index (χ1) is 5.67. The molecule has 0 fully saturated rings. The lowest BCUT2D eigenvalue weighted by molar-refractivity contribution is -0.123. The average molecular weight is 179 g/mol. The Kier molecular flexibility index (Phi) is 5.77. The molecular weight excluding hydrogens is 166 g/mol. The van der Waals surface area contributed by atoms with E-state index in [2.05, 4.69) is 4.84 Å². The van der Waals surface area contributed by atoms with E-state index in [4.69, 9.17) is 21.2 Å². The lowest BCUT2D eigenvalue weighted by Crippen LogP contribution is -2.42. The van der Waals surface area contributed by atoms with Gasteiger partial charge in [-0.25, -0.2) is 5.90 Å². The average Bonchev–Trinajstić information content (AvgIpc) is 2.11. The Morgan fingerprint density at radius 1 is 1.50 bits per heavy atom. The van der Waals surface area contributed by atoms with Gasteiger partial charge in [0.2, 0.25) is 0 Å². The van der Waals surface area contributed by atoms with E-state index in [1.807, 2.05) is 0 Å². The summed E-state index contributed by atoms with van der Waals surface area (Å²) in [5, 5.41) is 26.5. The van der Waals surface area contributed by atoms with E-state index >= 15 is 0 Å². The van der Waals surface area contributed by atoms with Crippen molar-refractivity contribution < 1.29 is 25.0 Å². The second kappa shape index (κ2) is 6.04. The Bertz CT molecular complexity index is 131. The van der Waals surface area contributed by atoms with Gasteiger partial charge in [-0.15, -0.1) is 0 Å². The Balaban J connectivity index is 3.99. The van der Waals surface area contributed by atoms with E-state index in [-0.39, 0.29) is 6.42 Å². The highest BCUT2D eigenvalue weighted by Gasteiger charge is 2.25. The summed E-state index contributed by atoms with van der Waals surface area (Å²) in [6.07, 6.45) is -3.31. The largest absolute Gasteiger partial charge is 0.394 e. The van der Waals surface area contributed by atoms with E-state index in [0.717, 1.165) is 0 Å². The van der Waals surface area contributed by atoms with Crippen LogP contribution in [0.25, 0.3) is 0 Å². The molecule has 72 valence electrons. The smallest absolute Gasteiger partial charge is 0.122 e. The minimum Gasteiger partial charge on any atom is -0.394 e. The lowest BCUT2D eigenvalue weighted by Gasteiger charge is -2.21. The normalized spacial score (nSPS) is 18.3. The second-order valence-electron chi connectivity index (χ2n) is 2.32. The van der Waals surface area contributed by atoms with Gasteiger partial charge in [0.25, 0.3) is 0 Å². The van der Waals surface area contributed by atoms with Crippen LogP contribution in [0.15, 0.2) is 0 Å². The van der Waals surface area contributed by atoms with Crippen LogP contribution in [0.4, 0.5) is 0 Å². The minimum absolute atomic E-state index is 0.130. The Morgan fingerprint density at radius 2 is 2.08 bits per heavy atom. The molecule has 0 bridgehead atoms. The fraction of sp³-hybridized carbons (Fsp3) is 0.833. The van der Waals surface area contributed by atoms with Gasteiger partial charge in [0.1, 0.15) is 24.6 Å². The van der Waals surface area contributed by atoms with E-state index in [1.165, 1.54) is 0 Å². The SMILES string of the molecule is NO[C@H](CC=O)[C@H](O)[C@@H](O)CO.